The first-order valence-electron chi connectivity index (χ1n) is 5.87. The number of hydrogen-bond acceptors (Lipinski definition) is 5. The molecule has 4 N–H and O–H groups in total. The molecule has 0 spiro atoms. The summed E-state index contributed by atoms with van der Waals surface area (Å²) in [5.41, 5.74) is 4.89. The fourth-order valence-corrected chi connectivity index (χ4v) is 3.67. The molecule has 1 aliphatic rings. The van der Waals surface area contributed by atoms with E-state index < -0.39 is 46.2 Å². The zero-order valence-corrected chi connectivity index (χ0v) is 11.7. The fourth-order valence-electron chi connectivity index (χ4n) is 1.90. The quantitative estimate of drug-likeness (QED) is 0.543. The molecular formula is C10H17N3O6S. The molecule has 114 valence electrons. The number of carbonyl (C=O) groups is 3. The first-order chi connectivity index (χ1) is 9.12. The Morgan fingerprint density at radius 2 is 2.05 bits per heavy atom. The summed E-state index contributed by atoms with van der Waals surface area (Å²) in [5.74, 6) is -2.39. The first kappa shape index (κ1) is 16.2. The van der Waals surface area contributed by atoms with E-state index in [9.17, 15) is 22.8 Å². The van der Waals surface area contributed by atoms with E-state index in [-0.39, 0.29) is 11.5 Å². The minimum absolute atomic E-state index is 0.00106. The normalized spacial score (nSPS) is 21.9. The van der Waals surface area contributed by atoms with Crippen LogP contribution in [-0.2, 0) is 19.4 Å². The van der Waals surface area contributed by atoms with Crippen molar-refractivity contribution in [2.24, 2.45) is 5.73 Å². The number of primary amides is 1. The summed E-state index contributed by atoms with van der Waals surface area (Å²) < 4.78 is 22.7. The summed E-state index contributed by atoms with van der Waals surface area (Å²) in [6.07, 6.45) is -0.225. The van der Waals surface area contributed by atoms with Crippen LogP contribution >= 0.6 is 0 Å². The maximum atomic E-state index is 11.8. The lowest BCUT2D eigenvalue weighted by Crippen LogP contribution is -2.51. The average Bonchev–Trinajstić information content (AvgIpc) is 2.67. The van der Waals surface area contributed by atoms with E-state index in [0.29, 0.717) is 6.42 Å². The van der Waals surface area contributed by atoms with Crippen molar-refractivity contribution in [3.05, 3.63) is 0 Å². The third kappa shape index (κ3) is 4.37. The predicted molar refractivity (Wildman–Crippen MR) is 68.6 cm³/mol. The lowest BCUT2D eigenvalue weighted by Gasteiger charge is -2.25. The van der Waals surface area contributed by atoms with Crippen molar-refractivity contribution in [1.29, 1.82) is 0 Å². The molecule has 2 atom stereocenters. The van der Waals surface area contributed by atoms with Crippen molar-refractivity contribution in [3.8, 4) is 0 Å². The number of nitrogens with two attached hydrogens (primary N) is 1. The standard InChI is InChI=1S/C10H17N3O6S/c1-13(6-2-3-20(18,19)5-6)10(17)12-7(9(15)16)4-8(11)14/h6-7H,2-5H2,1H3,(H2,11,14)(H,12,17)(H,15,16)/t6?,7-/m0/s1. The van der Waals surface area contributed by atoms with Crippen LogP contribution in [0.2, 0.25) is 0 Å². The van der Waals surface area contributed by atoms with Gasteiger partial charge in [-0.25, -0.2) is 18.0 Å². The number of carboxylic acid groups (broad SMARTS) is 1. The number of nitrogens with one attached hydrogen (secondary N) is 1. The number of rotatable bonds is 5. The van der Waals surface area contributed by atoms with Gasteiger partial charge in [-0.1, -0.05) is 0 Å². The fraction of sp³-hybridized carbons (Fsp3) is 0.700. The number of urea groups is 1. The van der Waals surface area contributed by atoms with Crippen molar-refractivity contribution < 1.29 is 27.9 Å². The van der Waals surface area contributed by atoms with Gasteiger partial charge in [-0.05, 0) is 6.42 Å². The van der Waals surface area contributed by atoms with Crippen LogP contribution in [-0.4, -0.2) is 67.0 Å². The molecule has 10 heteroatoms. The molecule has 1 unspecified atom stereocenters. The Morgan fingerprint density at radius 3 is 2.45 bits per heavy atom. The molecule has 1 rings (SSSR count). The molecule has 3 amide bonds. The summed E-state index contributed by atoms with van der Waals surface area (Å²) in [6, 6.07) is -2.68. The van der Waals surface area contributed by atoms with Gasteiger partial charge in [-0.3, -0.25) is 4.79 Å². The summed E-state index contributed by atoms with van der Waals surface area (Å²) in [5, 5.41) is 11.0. The molecule has 0 aromatic carbocycles. The summed E-state index contributed by atoms with van der Waals surface area (Å²) in [6.45, 7) is 0. The van der Waals surface area contributed by atoms with Gasteiger partial charge >= 0.3 is 12.0 Å². The van der Waals surface area contributed by atoms with Crippen molar-refractivity contribution in [1.82, 2.24) is 10.2 Å². The van der Waals surface area contributed by atoms with Crippen LogP contribution in [0.3, 0.4) is 0 Å². The van der Waals surface area contributed by atoms with E-state index in [4.69, 9.17) is 10.8 Å². The summed E-state index contributed by atoms with van der Waals surface area (Å²) >= 11 is 0. The van der Waals surface area contributed by atoms with Gasteiger partial charge in [0.1, 0.15) is 6.04 Å². The number of carboxylic acids is 1. The van der Waals surface area contributed by atoms with Gasteiger partial charge in [-0.2, -0.15) is 0 Å². The van der Waals surface area contributed by atoms with Gasteiger partial charge < -0.3 is 21.1 Å². The van der Waals surface area contributed by atoms with Gasteiger partial charge in [0.2, 0.25) is 5.91 Å². The Labute approximate surface area is 116 Å². The van der Waals surface area contributed by atoms with Crippen LogP contribution in [0.1, 0.15) is 12.8 Å². The molecule has 0 bridgehead atoms. The second-order valence-corrected chi connectivity index (χ2v) is 6.91. The Hall–Kier alpha value is -1.84. The number of amides is 3. The first-order valence-corrected chi connectivity index (χ1v) is 7.69. The van der Waals surface area contributed by atoms with Crippen LogP contribution in [0.5, 0.6) is 0 Å². The molecule has 20 heavy (non-hydrogen) atoms. The Bertz CT molecular complexity index is 517. The number of aliphatic carboxylic acids is 1. The highest BCUT2D eigenvalue weighted by Crippen LogP contribution is 2.16. The number of sulfone groups is 1. The lowest BCUT2D eigenvalue weighted by atomic mass is 10.2. The third-order valence-corrected chi connectivity index (χ3v) is 4.83. The van der Waals surface area contributed by atoms with Gasteiger partial charge in [-0.15, -0.1) is 0 Å². The highest BCUT2D eigenvalue weighted by atomic mass is 32.2. The van der Waals surface area contributed by atoms with Crippen molar-refractivity contribution >= 4 is 27.7 Å². The van der Waals surface area contributed by atoms with Crippen LogP contribution in [0.15, 0.2) is 0 Å². The van der Waals surface area contributed by atoms with Gasteiger partial charge in [0.05, 0.1) is 17.9 Å². The van der Waals surface area contributed by atoms with Crippen molar-refractivity contribution in [3.63, 3.8) is 0 Å². The van der Waals surface area contributed by atoms with Gasteiger partial charge in [0.15, 0.2) is 9.84 Å². The second kappa shape index (κ2) is 6.07. The Kier molecular flexibility index (Phi) is 4.93. The second-order valence-electron chi connectivity index (χ2n) is 4.68. The zero-order chi connectivity index (χ0) is 15.5. The molecule has 0 saturated carbocycles. The van der Waals surface area contributed by atoms with E-state index in [2.05, 4.69) is 5.32 Å². The molecule has 0 aromatic rings. The minimum atomic E-state index is -3.15. The van der Waals surface area contributed by atoms with E-state index in [0.717, 1.165) is 4.90 Å². The SMILES string of the molecule is CN(C(=O)N[C@@H](CC(N)=O)C(=O)O)C1CCS(=O)(=O)C1. The molecule has 9 nitrogen and oxygen atoms in total. The monoisotopic (exact) mass is 307 g/mol. The number of nitrogens with zero attached hydrogens (tertiary/aromatic N) is 1. The van der Waals surface area contributed by atoms with Crippen LogP contribution in [0.25, 0.3) is 0 Å². The highest BCUT2D eigenvalue weighted by molar-refractivity contribution is 7.91. The van der Waals surface area contributed by atoms with Crippen molar-refractivity contribution in [2.75, 3.05) is 18.6 Å². The minimum Gasteiger partial charge on any atom is -0.480 e. The largest absolute Gasteiger partial charge is 0.480 e. The lowest BCUT2D eigenvalue weighted by molar-refractivity contribution is -0.141. The van der Waals surface area contributed by atoms with E-state index >= 15 is 0 Å². The van der Waals surface area contributed by atoms with Crippen LogP contribution in [0, 0.1) is 0 Å². The van der Waals surface area contributed by atoms with Crippen molar-refractivity contribution in [2.45, 2.75) is 24.9 Å². The smallest absolute Gasteiger partial charge is 0.326 e. The maximum Gasteiger partial charge on any atom is 0.326 e. The van der Waals surface area contributed by atoms with E-state index in [1.807, 2.05) is 0 Å². The molecule has 1 aliphatic heterocycles. The predicted octanol–water partition coefficient (Wildman–Crippen LogP) is -1.86. The third-order valence-electron chi connectivity index (χ3n) is 3.08. The molecule has 0 aromatic heterocycles. The molecule has 0 radical (unpaired) electrons. The molecule has 1 heterocycles. The molecule has 1 fully saturated rings. The van der Waals surface area contributed by atoms with Gasteiger partial charge in [0.25, 0.3) is 0 Å². The Balaban J connectivity index is 2.65. The number of carbonyl (C=O) groups excluding carboxylic acids is 2. The zero-order valence-electron chi connectivity index (χ0n) is 10.9. The number of hydrogen-bond donors (Lipinski definition) is 3. The average molecular weight is 307 g/mol. The maximum absolute atomic E-state index is 11.8. The molecule has 0 aliphatic carbocycles. The topological polar surface area (TPSA) is 147 Å². The van der Waals surface area contributed by atoms with Gasteiger partial charge in [0, 0.05) is 13.1 Å². The van der Waals surface area contributed by atoms with Crippen LogP contribution in [0.4, 0.5) is 4.79 Å². The summed E-state index contributed by atoms with van der Waals surface area (Å²) in [7, 11) is -1.77. The molecular weight excluding hydrogens is 290 g/mol. The van der Waals surface area contributed by atoms with Crippen LogP contribution < -0.4 is 11.1 Å². The summed E-state index contributed by atoms with van der Waals surface area (Å²) in [4.78, 5) is 34.6. The van der Waals surface area contributed by atoms with E-state index in [1.165, 1.54) is 7.05 Å². The highest BCUT2D eigenvalue weighted by Gasteiger charge is 2.34. The molecule has 1 saturated heterocycles. The van der Waals surface area contributed by atoms with E-state index in [1.54, 1.807) is 0 Å². The Morgan fingerprint density at radius 1 is 1.45 bits per heavy atom.